The van der Waals surface area contributed by atoms with Crippen LogP contribution in [0.25, 0.3) is 0 Å². The molecule has 1 amide bonds. The third-order valence-electron chi connectivity index (χ3n) is 12.0. The van der Waals surface area contributed by atoms with Gasteiger partial charge in [0.15, 0.2) is 0 Å². The fraction of sp³-hybridized carbons (Fsp3) is 0.774. The highest BCUT2D eigenvalue weighted by Crippen LogP contribution is 2.67. The summed E-state index contributed by atoms with van der Waals surface area (Å²) >= 11 is 3.57. The Morgan fingerprint density at radius 1 is 1.00 bits per heavy atom. The SMILES string of the molecule is CC12CCCCC1CCC1C2CCC2(C)C(CCCC(=O)N3CCc4cc(Br)ccc43)CCC12. The molecule has 0 saturated heterocycles. The molecule has 3 heteroatoms. The highest BCUT2D eigenvalue weighted by Gasteiger charge is 2.59. The first-order valence-corrected chi connectivity index (χ1v) is 15.3. The number of carbonyl (C=O) groups is 1. The molecule has 34 heavy (non-hydrogen) atoms. The van der Waals surface area contributed by atoms with Gasteiger partial charge in [-0.1, -0.05) is 42.6 Å². The molecule has 1 aromatic rings. The summed E-state index contributed by atoms with van der Waals surface area (Å²) in [4.78, 5) is 15.2. The Morgan fingerprint density at radius 2 is 1.85 bits per heavy atom. The maximum Gasteiger partial charge on any atom is 0.226 e. The monoisotopic (exact) mass is 525 g/mol. The molecular formula is C31H44BrNO. The minimum Gasteiger partial charge on any atom is -0.312 e. The molecule has 1 heterocycles. The molecule has 1 aliphatic heterocycles. The van der Waals surface area contributed by atoms with Crippen LogP contribution in [0, 0.1) is 40.4 Å². The van der Waals surface area contributed by atoms with E-state index in [0.29, 0.717) is 16.7 Å². The first-order chi connectivity index (χ1) is 16.4. The lowest BCUT2D eigenvalue weighted by Gasteiger charge is -2.60. The maximum absolute atomic E-state index is 13.1. The number of hydrogen-bond donors (Lipinski definition) is 0. The lowest BCUT2D eigenvalue weighted by Crippen LogP contribution is -2.52. The molecule has 7 unspecified atom stereocenters. The zero-order valence-electron chi connectivity index (χ0n) is 21.5. The van der Waals surface area contributed by atoms with Crippen LogP contribution >= 0.6 is 15.9 Å². The van der Waals surface area contributed by atoms with Crippen LogP contribution in [0.2, 0.25) is 0 Å². The molecule has 7 atom stereocenters. The average molecular weight is 527 g/mol. The average Bonchev–Trinajstić information content (AvgIpc) is 3.39. The van der Waals surface area contributed by atoms with Gasteiger partial charge in [-0.15, -0.1) is 0 Å². The summed E-state index contributed by atoms with van der Waals surface area (Å²) in [5, 5.41) is 0. The Bertz CT molecular complexity index is 943. The van der Waals surface area contributed by atoms with E-state index in [0.717, 1.165) is 65.6 Å². The zero-order chi connectivity index (χ0) is 23.5. The van der Waals surface area contributed by atoms with Gasteiger partial charge in [0, 0.05) is 23.1 Å². The summed E-state index contributed by atoms with van der Waals surface area (Å²) in [7, 11) is 0. The quantitative estimate of drug-likeness (QED) is 0.385. The molecular weight excluding hydrogens is 482 g/mol. The Labute approximate surface area is 215 Å². The van der Waals surface area contributed by atoms with Crippen molar-refractivity contribution in [2.24, 2.45) is 40.4 Å². The van der Waals surface area contributed by atoms with Crippen LogP contribution in [0.3, 0.4) is 0 Å². The van der Waals surface area contributed by atoms with Gasteiger partial charge in [0.1, 0.15) is 0 Å². The van der Waals surface area contributed by atoms with Crippen molar-refractivity contribution in [2.75, 3.05) is 11.4 Å². The highest BCUT2D eigenvalue weighted by atomic mass is 79.9. The van der Waals surface area contributed by atoms with Crippen LogP contribution in [-0.2, 0) is 11.2 Å². The number of hydrogen-bond acceptors (Lipinski definition) is 1. The van der Waals surface area contributed by atoms with E-state index in [2.05, 4.69) is 52.9 Å². The number of nitrogens with zero attached hydrogens (tertiary/aromatic N) is 1. The van der Waals surface area contributed by atoms with Crippen LogP contribution in [-0.4, -0.2) is 12.5 Å². The van der Waals surface area contributed by atoms with Crippen molar-refractivity contribution in [2.45, 2.75) is 104 Å². The summed E-state index contributed by atoms with van der Waals surface area (Å²) in [5.41, 5.74) is 3.64. The molecule has 4 fully saturated rings. The number of halogens is 1. The summed E-state index contributed by atoms with van der Waals surface area (Å²) in [6.45, 7) is 6.22. The van der Waals surface area contributed by atoms with Crippen molar-refractivity contribution in [3.05, 3.63) is 28.2 Å². The van der Waals surface area contributed by atoms with Crippen molar-refractivity contribution in [3.8, 4) is 0 Å². The first kappa shape index (κ1) is 23.6. The van der Waals surface area contributed by atoms with Crippen molar-refractivity contribution in [1.82, 2.24) is 0 Å². The largest absolute Gasteiger partial charge is 0.312 e. The van der Waals surface area contributed by atoms with Gasteiger partial charge in [-0.05, 0) is 135 Å². The Morgan fingerprint density at radius 3 is 2.74 bits per heavy atom. The van der Waals surface area contributed by atoms with Gasteiger partial charge in [-0.25, -0.2) is 0 Å². The normalized spacial score (nSPS) is 40.9. The van der Waals surface area contributed by atoms with E-state index in [9.17, 15) is 4.79 Å². The third-order valence-corrected chi connectivity index (χ3v) is 12.5. The van der Waals surface area contributed by atoms with Gasteiger partial charge in [0.25, 0.3) is 0 Å². The second-order valence-electron chi connectivity index (χ2n) is 13.2. The number of amides is 1. The van der Waals surface area contributed by atoms with Crippen LogP contribution in [0.1, 0.15) is 103 Å². The third kappa shape index (κ3) is 3.73. The summed E-state index contributed by atoms with van der Waals surface area (Å²) < 4.78 is 1.12. The molecule has 0 spiro atoms. The van der Waals surface area contributed by atoms with E-state index in [1.807, 2.05) is 0 Å². The van der Waals surface area contributed by atoms with Crippen molar-refractivity contribution in [1.29, 1.82) is 0 Å². The van der Waals surface area contributed by atoms with E-state index in [1.54, 1.807) is 0 Å². The van der Waals surface area contributed by atoms with Crippen LogP contribution in [0.4, 0.5) is 5.69 Å². The second kappa shape index (κ2) is 8.93. The first-order valence-electron chi connectivity index (χ1n) is 14.5. The van der Waals surface area contributed by atoms with E-state index >= 15 is 0 Å². The molecule has 0 radical (unpaired) electrons. The molecule has 2 nitrogen and oxygen atoms in total. The Hall–Kier alpha value is -0.830. The van der Waals surface area contributed by atoms with E-state index in [1.165, 1.54) is 76.2 Å². The fourth-order valence-electron chi connectivity index (χ4n) is 10.1. The van der Waals surface area contributed by atoms with Crippen molar-refractivity contribution >= 4 is 27.5 Å². The maximum atomic E-state index is 13.1. The minimum atomic E-state index is 0.341. The zero-order valence-corrected chi connectivity index (χ0v) is 23.0. The molecule has 5 aliphatic rings. The molecule has 0 bridgehead atoms. The van der Waals surface area contributed by atoms with Gasteiger partial charge in [-0.2, -0.15) is 0 Å². The van der Waals surface area contributed by atoms with Gasteiger partial charge in [0.05, 0.1) is 0 Å². The van der Waals surface area contributed by atoms with Crippen molar-refractivity contribution < 1.29 is 4.79 Å². The molecule has 0 N–H and O–H groups in total. The smallest absolute Gasteiger partial charge is 0.226 e. The Kier molecular flexibility index (Phi) is 6.19. The molecule has 0 aromatic heterocycles. The summed E-state index contributed by atoms with van der Waals surface area (Å²) in [5.74, 6) is 5.14. The standard InChI is InChI=1S/C31H44BrNO/c1-30-17-4-3-6-22(30)9-12-25-26-13-10-23(31(26,2)18-15-27(25)30)7-5-8-29(34)33-19-16-21-20-24(32)11-14-28(21)33/h11,14,20,22-23,25-27H,3-10,12-13,15-19H2,1-2H3. The molecule has 4 aliphatic carbocycles. The Balaban J connectivity index is 1.08. The summed E-state index contributed by atoms with van der Waals surface area (Å²) in [6.07, 6.45) is 18.9. The van der Waals surface area contributed by atoms with Crippen LogP contribution < -0.4 is 4.90 Å². The predicted octanol–water partition coefficient (Wildman–Crippen LogP) is 8.56. The van der Waals surface area contributed by atoms with Gasteiger partial charge in [-0.3, -0.25) is 4.79 Å². The predicted molar refractivity (Wildman–Crippen MR) is 144 cm³/mol. The van der Waals surface area contributed by atoms with E-state index < -0.39 is 0 Å². The summed E-state index contributed by atoms with van der Waals surface area (Å²) in [6, 6.07) is 6.37. The van der Waals surface area contributed by atoms with E-state index in [-0.39, 0.29) is 0 Å². The highest BCUT2D eigenvalue weighted by molar-refractivity contribution is 9.10. The fourth-order valence-corrected chi connectivity index (χ4v) is 10.6. The topological polar surface area (TPSA) is 20.3 Å². The number of fused-ring (bicyclic) bond motifs is 6. The lowest BCUT2D eigenvalue weighted by atomic mass is 9.45. The van der Waals surface area contributed by atoms with Gasteiger partial charge in [0.2, 0.25) is 5.91 Å². The number of carbonyl (C=O) groups excluding carboxylic acids is 1. The second-order valence-corrected chi connectivity index (χ2v) is 14.1. The van der Waals surface area contributed by atoms with Gasteiger partial charge >= 0.3 is 0 Å². The lowest BCUT2D eigenvalue weighted by molar-refractivity contribution is -0.119. The minimum absolute atomic E-state index is 0.341. The van der Waals surface area contributed by atoms with E-state index in [4.69, 9.17) is 0 Å². The molecule has 4 saturated carbocycles. The van der Waals surface area contributed by atoms with Crippen LogP contribution in [0.15, 0.2) is 22.7 Å². The molecule has 6 rings (SSSR count). The number of anilines is 1. The molecule has 1 aromatic carbocycles. The molecule has 186 valence electrons. The van der Waals surface area contributed by atoms with Gasteiger partial charge < -0.3 is 4.90 Å². The number of benzene rings is 1. The number of rotatable bonds is 4. The van der Waals surface area contributed by atoms with Crippen molar-refractivity contribution in [3.63, 3.8) is 0 Å². The van der Waals surface area contributed by atoms with Crippen LogP contribution in [0.5, 0.6) is 0 Å².